The highest BCUT2D eigenvalue weighted by Gasteiger charge is 2.26. The van der Waals surface area contributed by atoms with E-state index in [1.54, 1.807) is 24.3 Å². The quantitative estimate of drug-likeness (QED) is 0.329. The summed E-state index contributed by atoms with van der Waals surface area (Å²) in [5.41, 5.74) is 0.872. The molecule has 0 saturated carbocycles. The first kappa shape index (κ1) is 26.5. The van der Waals surface area contributed by atoms with Gasteiger partial charge in [0.15, 0.2) is 0 Å². The van der Waals surface area contributed by atoms with Crippen molar-refractivity contribution in [1.29, 1.82) is 0 Å². The maximum Gasteiger partial charge on any atom is 0.266 e. The van der Waals surface area contributed by atoms with Crippen LogP contribution in [0.1, 0.15) is 64.2 Å². The number of benzene rings is 2. The van der Waals surface area contributed by atoms with Crippen molar-refractivity contribution in [2.45, 2.75) is 58.4 Å². The lowest BCUT2D eigenvalue weighted by Crippen LogP contribution is -2.40. The van der Waals surface area contributed by atoms with E-state index in [1.165, 1.54) is 23.1 Å². The molecule has 0 N–H and O–H groups in total. The molecule has 0 aliphatic heterocycles. The molecule has 0 bridgehead atoms. The van der Waals surface area contributed by atoms with Crippen molar-refractivity contribution in [1.82, 2.24) is 19.4 Å². The van der Waals surface area contributed by atoms with Crippen molar-refractivity contribution < 1.29 is 9.18 Å². The minimum Gasteiger partial charge on any atom is -0.331 e. The van der Waals surface area contributed by atoms with E-state index in [9.17, 15) is 14.0 Å². The minimum absolute atomic E-state index is 0.0592. The molecule has 1 amide bonds. The molecule has 0 aliphatic rings. The third kappa shape index (κ3) is 6.75. The third-order valence-electron chi connectivity index (χ3n) is 6.33. The van der Waals surface area contributed by atoms with Crippen LogP contribution in [0.25, 0.3) is 16.6 Å². The summed E-state index contributed by atoms with van der Waals surface area (Å²) < 4.78 is 15.2. The Kier molecular flexibility index (Phi) is 9.55. The number of aromatic nitrogens is 2. The van der Waals surface area contributed by atoms with Crippen molar-refractivity contribution in [3.8, 4) is 5.69 Å². The van der Waals surface area contributed by atoms with Gasteiger partial charge >= 0.3 is 0 Å². The summed E-state index contributed by atoms with van der Waals surface area (Å²) in [4.78, 5) is 35.7. The van der Waals surface area contributed by atoms with Gasteiger partial charge in [0.2, 0.25) is 5.91 Å². The molecule has 3 rings (SSSR count). The first-order valence-corrected chi connectivity index (χ1v) is 12.5. The maximum atomic E-state index is 13.7. The van der Waals surface area contributed by atoms with Crippen LogP contribution in [0.3, 0.4) is 0 Å². The summed E-state index contributed by atoms with van der Waals surface area (Å²) >= 11 is 0. The van der Waals surface area contributed by atoms with E-state index in [2.05, 4.69) is 6.92 Å². The summed E-state index contributed by atoms with van der Waals surface area (Å²) in [6.07, 6.45) is 5.82. The Morgan fingerprint density at radius 3 is 2.37 bits per heavy atom. The molecule has 188 valence electrons. The Labute approximate surface area is 207 Å². The molecule has 1 aromatic heterocycles. The third-order valence-corrected chi connectivity index (χ3v) is 6.33. The van der Waals surface area contributed by atoms with Gasteiger partial charge in [0.1, 0.15) is 11.6 Å². The van der Waals surface area contributed by atoms with Crippen LogP contribution in [0.15, 0.2) is 53.3 Å². The van der Waals surface area contributed by atoms with Crippen molar-refractivity contribution in [2.24, 2.45) is 0 Å². The van der Waals surface area contributed by atoms with Crippen molar-refractivity contribution >= 4 is 16.8 Å². The fourth-order valence-corrected chi connectivity index (χ4v) is 4.27. The van der Waals surface area contributed by atoms with Gasteiger partial charge in [-0.2, -0.15) is 0 Å². The molecule has 2 aromatic carbocycles. The summed E-state index contributed by atoms with van der Waals surface area (Å²) in [6, 6.07) is 12.6. The molecule has 3 aromatic rings. The van der Waals surface area contributed by atoms with Gasteiger partial charge in [-0.15, -0.1) is 0 Å². The number of unbranched alkanes of at least 4 members (excludes halogenated alkanes) is 4. The molecule has 1 atom stereocenters. The zero-order chi connectivity index (χ0) is 25.4. The van der Waals surface area contributed by atoms with E-state index in [-0.39, 0.29) is 17.3 Å². The fraction of sp³-hybridized carbons (Fsp3) is 0.464. The first-order chi connectivity index (χ1) is 16.8. The average Bonchev–Trinajstić information content (AvgIpc) is 2.84. The number of rotatable bonds is 12. The van der Waals surface area contributed by atoms with E-state index < -0.39 is 6.04 Å². The zero-order valence-electron chi connectivity index (χ0n) is 21.3. The summed E-state index contributed by atoms with van der Waals surface area (Å²) in [5, 5.41) is 0.481. The lowest BCUT2D eigenvalue weighted by atomic mass is 10.1. The van der Waals surface area contributed by atoms with Crippen LogP contribution >= 0.6 is 0 Å². The molecule has 0 radical (unpaired) electrons. The molecule has 7 heteroatoms. The molecule has 0 spiro atoms. The zero-order valence-corrected chi connectivity index (χ0v) is 21.3. The van der Waals surface area contributed by atoms with Crippen LogP contribution < -0.4 is 5.56 Å². The maximum absolute atomic E-state index is 13.7. The second-order valence-corrected chi connectivity index (χ2v) is 9.33. The van der Waals surface area contributed by atoms with E-state index in [0.717, 1.165) is 25.7 Å². The van der Waals surface area contributed by atoms with E-state index >= 15 is 0 Å². The number of para-hydroxylation sites is 1. The minimum atomic E-state index is -0.444. The summed E-state index contributed by atoms with van der Waals surface area (Å²) in [6.45, 7) is 5.31. The Hall–Kier alpha value is -3.06. The molecule has 35 heavy (non-hydrogen) atoms. The number of fused-ring (bicyclic) bond motifs is 1. The number of hydrogen-bond acceptors (Lipinski definition) is 4. The van der Waals surface area contributed by atoms with Gasteiger partial charge in [0, 0.05) is 19.5 Å². The SMILES string of the molecule is CCCCCCCC(=O)N(CCN(C)C)[C@H](C)c1nc2ccccc2c(=O)n1-c1ccc(F)cc1. The van der Waals surface area contributed by atoms with Crippen LogP contribution in [0.4, 0.5) is 4.39 Å². The lowest BCUT2D eigenvalue weighted by molar-refractivity contribution is -0.133. The molecule has 0 fully saturated rings. The molecular formula is C28H37FN4O2. The highest BCUT2D eigenvalue weighted by atomic mass is 19.1. The average molecular weight is 481 g/mol. The number of nitrogens with zero attached hydrogens (tertiary/aromatic N) is 4. The van der Waals surface area contributed by atoms with Crippen LogP contribution in [0.2, 0.25) is 0 Å². The Balaban J connectivity index is 2.03. The molecule has 0 unspecified atom stereocenters. The van der Waals surface area contributed by atoms with Crippen molar-refractivity contribution in [3.63, 3.8) is 0 Å². The Morgan fingerprint density at radius 1 is 1.00 bits per heavy atom. The van der Waals surface area contributed by atoms with Crippen LogP contribution in [0, 0.1) is 5.82 Å². The standard InChI is InChI=1S/C28H37FN4O2/c1-5-6-7-8-9-14-26(34)32(20-19-31(3)4)21(2)27-30-25-13-11-10-12-24(25)28(35)33(27)23-17-15-22(29)16-18-23/h10-13,15-18,21H,5-9,14,19-20H2,1-4H3/t21-/m1/s1. The number of halogens is 1. The molecule has 6 nitrogen and oxygen atoms in total. The first-order valence-electron chi connectivity index (χ1n) is 12.5. The number of amides is 1. The largest absolute Gasteiger partial charge is 0.331 e. The predicted octanol–water partition coefficient (Wildman–Crippen LogP) is 5.34. The monoisotopic (exact) mass is 480 g/mol. The second kappa shape index (κ2) is 12.6. The number of carbonyl (C=O) groups is 1. The van der Waals surface area contributed by atoms with Crippen LogP contribution in [0.5, 0.6) is 0 Å². The van der Waals surface area contributed by atoms with Gasteiger partial charge in [0.25, 0.3) is 5.56 Å². The van der Waals surface area contributed by atoms with Gasteiger partial charge in [0.05, 0.1) is 22.6 Å². The van der Waals surface area contributed by atoms with E-state index in [4.69, 9.17) is 4.98 Å². The molecule has 1 heterocycles. The van der Waals surface area contributed by atoms with E-state index in [0.29, 0.717) is 41.9 Å². The van der Waals surface area contributed by atoms with Gasteiger partial charge in [-0.3, -0.25) is 14.2 Å². The van der Waals surface area contributed by atoms with Crippen LogP contribution in [-0.2, 0) is 4.79 Å². The van der Waals surface area contributed by atoms with Crippen molar-refractivity contribution in [2.75, 3.05) is 27.2 Å². The Bertz CT molecular complexity index is 1170. The molecule has 0 aliphatic carbocycles. The highest BCUT2D eigenvalue weighted by Crippen LogP contribution is 2.24. The summed E-state index contributed by atoms with van der Waals surface area (Å²) in [7, 11) is 3.95. The number of hydrogen-bond donors (Lipinski definition) is 0. The summed E-state index contributed by atoms with van der Waals surface area (Å²) in [5.74, 6) is 0.151. The Morgan fingerprint density at radius 2 is 1.69 bits per heavy atom. The van der Waals surface area contributed by atoms with Gasteiger partial charge in [-0.1, -0.05) is 44.7 Å². The number of carbonyl (C=O) groups excluding carboxylic acids is 1. The second-order valence-electron chi connectivity index (χ2n) is 9.33. The van der Waals surface area contributed by atoms with Gasteiger partial charge in [-0.25, -0.2) is 9.37 Å². The number of likely N-dealkylation sites (N-methyl/N-ethyl adjacent to an activating group) is 1. The predicted molar refractivity (Wildman–Crippen MR) is 139 cm³/mol. The normalized spacial score (nSPS) is 12.3. The smallest absolute Gasteiger partial charge is 0.266 e. The van der Waals surface area contributed by atoms with Gasteiger partial charge < -0.3 is 9.80 Å². The van der Waals surface area contributed by atoms with E-state index in [1.807, 2.05) is 43.0 Å². The highest BCUT2D eigenvalue weighted by molar-refractivity contribution is 5.79. The fourth-order valence-electron chi connectivity index (χ4n) is 4.27. The van der Waals surface area contributed by atoms with Crippen LogP contribution in [-0.4, -0.2) is 52.4 Å². The topological polar surface area (TPSA) is 58.4 Å². The molecular weight excluding hydrogens is 443 g/mol. The molecule has 0 saturated heterocycles. The van der Waals surface area contributed by atoms with Crippen molar-refractivity contribution in [3.05, 3.63) is 70.5 Å². The van der Waals surface area contributed by atoms with Gasteiger partial charge in [-0.05, 0) is 63.8 Å². The lowest BCUT2D eigenvalue weighted by Gasteiger charge is -2.31.